The Morgan fingerprint density at radius 3 is 1.71 bits per heavy atom. The van der Waals surface area contributed by atoms with Crippen molar-refractivity contribution < 1.29 is 19.5 Å². The molecule has 1 radical (unpaired) electrons. The molecular weight excluding hydrogens is 768 g/mol. The van der Waals surface area contributed by atoms with Crippen molar-refractivity contribution in [2.24, 2.45) is 4.99 Å². The number of dihydropyridines is 1. The van der Waals surface area contributed by atoms with E-state index in [0.717, 1.165) is 83.2 Å². The fourth-order valence-electron chi connectivity index (χ4n) is 7.39. The Balaban J connectivity index is 0.000000117. The van der Waals surface area contributed by atoms with Crippen LogP contribution >= 0.6 is 0 Å². The molecule has 0 fully saturated rings. The van der Waals surface area contributed by atoms with Crippen LogP contribution in [0.15, 0.2) is 164 Å². The Morgan fingerprint density at radius 2 is 1.11 bits per heavy atom. The van der Waals surface area contributed by atoms with E-state index in [2.05, 4.69) is 125 Å². The van der Waals surface area contributed by atoms with Gasteiger partial charge in [0.25, 0.3) is 0 Å². The normalized spacial score (nSPS) is 15.0. The smallest absolute Gasteiger partial charge is 0.361 e. The quantitative estimate of drug-likeness (QED) is 0.126. The van der Waals surface area contributed by atoms with E-state index < -0.39 is 0 Å². The number of imidazole rings is 1. The van der Waals surface area contributed by atoms with E-state index in [4.69, 9.17) is 4.98 Å². The number of aromatic amines is 2. The Bertz CT molecular complexity index is 2840. The average molecular weight is 799 g/mol. The monoisotopic (exact) mass is 799 g/mol. The second-order valence-electron chi connectivity index (χ2n) is 13.1. The Kier molecular flexibility index (Phi) is 9.02. The van der Waals surface area contributed by atoms with Crippen molar-refractivity contribution in [1.29, 1.82) is 0 Å². The van der Waals surface area contributed by atoms with Crippen molar-refractivity contribution in [2.75, 3.05) is 0 Å². The van der Waals surface area contributed by atoms with Crippen LogP contribution in [0, 0.1) is 0 Å². The Hall–Kier alpha value is -6.77. The van der Waals surface area contributed by atoms with Crippen molar-refractivity contribution in [2.45, 2.75) is 12.0 Å². The minimum Gasteiger partial charge on any atom is -0.361 e. The van der Waals surface area contributed by atoms with E-state index in [1.807, 2.05) is 55.0 Å². The molecule has 0 bridgehead atoms. The van der Waals surface area contributed by atoms with Gasteiger partial charge in [-0.3, -0.25) is 29.9 Å². The van der Waals surface area contributed by atoms with Crippen LogP contribution < -0.4 is 0 Å². The van der Waals surface area contributed by atoms with Gasteiger partial charge in [-0.1, -0.05) is 54.6 Å². The topological polar surface area (TPSA) is 121 Å². The van der Waals surface area contributed by atoms with Gasteiger partial charge in [0, 0.05) is 92.9 Å². The summed E-state index contributed by atoms with van der Waals surface area (Å²) in [5.41, 5.74) is 10.3. The first-order valence-corrected chi connectivity index (χ1v) is 17.8. The third-order valence-corrected chi connectivity index (χ3v) is 9.95. The van der Waals surface area contributed by atoms with Gasteiger partial charge in [-0.05, 0) is 66.7 Å². The van der Waals surface area contributed by atoms with Gasteiger partial charge in [0.2, 0.25) is 0 Å². The number of allylic oxidation sites excluding steroid dienone is 1. The van der Waals surface area contributed by atoms with Gasteiger partial charge >= 0.3 is 19.5 Å². The van der Waals surface area contributed by atoms with Gasteiger partial charge in [-0.15, -0.1) is 0 Å². The number of pyridine rings is 5. The van der Waals surface area contributed by atoms with E-state index in [0.29, 0.717) is 0 Å². The third kappa shape index (κ3) is 6.26. The second-order valence-corrected chi connectivity index (χ2v) is 13.1. The number of hydrogen-bond donors (Lipinski definition) is 2. The summed E-state index contributed by atoms with van der Waals surface area (Å²) < 4.78 is 0. The molecule has 261 valence electrons. The van der Waals surface area contributed by atoms with Crippen molar-refractivity contribution in [1.82, 2.24) is 39.9 Å². The zero-order chi connectivity index (χ0) is 35.8. The molecule has 8 heterocycles. The molecule has 0 spiro atoms. The predicted molar refractivity (Wildman–Crippen MR) is 216 cm³/mol. The number of nitrogens with zero attached hydrogens (tertiary/aromatic N) is 7. The van der Waals surface area contributed by atoms with Gasteiger partial charge in [0.15, 0.2) is 0 Å². The van der Waals surface area contributed by atoms with Crippen LogP contribution in [0.5, 0.6) is 0 Å². The van der Waals surface area contributed by atoms with Crippen LogP contribution in [0.1, 0.15) is 23.3 Å². The van der Waals surface area contributed by atoms with Gasteiger partial charge in [-0.2, -0.15) is 0 Å². The molecule has 12 rings (SSSR count). The number of hydrogen-bond acceptors (Lipinski definition) is 7. The number of rotatable bonds is 1. The molecule has 10 heteroatoms. The Morgan fingerprint density at radius 1 is 0.545 bits per heavy atom. The van der Waals surface area contributed by atoms with Crippen LogP contribution in [0.3, 0.4) is 0 Å². The average Bonchev–Trinajstić information content (AvgIpc) is 3.93. The first kappa shape index (κ1) is 34.0. The van der Waals surface area contributed by atoms with Gasteiger partial charge in [0.05, 0.1) is 39.1 Å². The number of nitrogens with one attached hydrogen (secondary N) is 2. The molecular formula is C45H31N9Ru+3. The molecule has 2 unspecified atom stereocenters. The number of aromatic nitrogens is 8. The zero-order valence-electron chi connectivity index (χ0n) is 29.2. The van der Waals surface area contributed by atoms with Gasteiger partial charge < -0.3 is 9.97 Å². The van der Waals surface area contributed by atoms with Crippen molar-refractivity contribution in [3.8, 4) is 22.6 Å². The summed E-state index contributed by atoms with van der Waals surface area (Å²) in [6, 6.07) is 36.8. The maximum absolute atomic E-state index is 4.95. The summed E-state index contributed by atoms with van der Waals surface area (Å²) >= 11 is 0. The first-order chi connectivity index (χ1) is 26.8. The van der Waals surface area contributed by atoms with Crippen LogP contribution in [-0.2, 0) is 19.5 Å². The van der Waals surface area contributed by atoms with Gasteiger partial charge in [-0.25, -0.2) is 4.98 Å². The van der Waals surface area contributed by atoms with Crippen molar-refractivity contribution in [3.63, 3.8) is 0 Å². The van der Waals surface area contributed by atoms with E-state index in [-0.39, 0.29) is 31.4 Å². The van der Waals surface area contributed by atoms with Crippen LogP contribution in [0.4, 0.5) is 0 Å². The van der Waals surface area contributed by atoms with Gasteiger partial charge in [0.1, 0.15) is 11.9 Å². The van der Waals surface area contributed by atoms with E-state index in [1.54, 1.807) is 24.8 Å². The molecule has 9 nitrogen and oxygen atoms in total. The van der Waals surface area contributed by atoms with Crippen LogP contribution in [0.2, 0.25) is 0 Å². The standard InChI is InChI=1S/C21H15N5.2C12H8N2.Ru/c1-3-14-17(23-8-1)18-15(4-2-9-24-18)20-19(14)25-21(26-20)13-5-6-16-12(11-13)7-10-22-16;2*1-3-9-5-6-10-4-2-8-14-12(10)11(9)13-7-1;/h1-11,14,17,22H,(H,25,26);2*1-8H;/q;;;+3. The molecule has 10 aromatic rings. The van der Waals surface area contributed by atoms with Crippen LogP contribution in [0.25, 0.3) is 77.2 Å². The fourth-order valence-corrected chi connectivity index (χ4v) is 7.39. The van der Waals surface area contributed by atoms with E-state index in [9.17, 15) is 0 Å². The maximum atomic E-state index is 4.95. The van der Waals surface area contributed by atoms with E-state index >= 15 is 0 Å². The molecule has 2 atom stereocenters. The first-order valence-electron chi connectivity index (χ1n) is 17.8. The molecule has 2 N–H and O–H groups in total. The summed E-state index contributed by atoms with van der Waals surface area (Å²) in [7, 11) is 0. The number of H-pyrrole nitrogens is 2. The molecule has 0 amide bonds. The Labute approximate surface area is 328 Å². The number of aliphatic imine (C=N–C) groups is 1. The molecule has 7 aromatic heterocycles. The largest absolute Gasteiger partial charge is 3.00 e. The molecule has 3 aromatic carbocycles. The predicted octanol–water partition coefficient (Wildman–Crippen LogP) is 9.96. The molecule has 1 aliphatic heterocycles. The molecule has 1 aliphatic carbocycles. The molecule has 0 saturated heterocycles. The summed E-state index contributed by atoms with van der Waals surface area (Å²) in [5, 5.41) is 5.73. The summed E-state index contributed by atoms with van der Waals surface area (Å²) in [6.45, 7) is 0. The number of benzene rings is 3. The van der Waals surface area contributed by atoms with Crippen molar-refractivity contribution in [3.05, 3.63) is 170 Å². The minimum absolute atomic E-state index is 0. The summed E-state index contributed by atoms with van der Waals surface area (Å²) in [4.78, 5) is 38.4. The third-order valence-electron chi connectivity index (χ3n) is 9.95. The summed E-state index contributed by atoms with van der Waals surface area (Å²) in [5.74, 6) is 1.03. The minimum atomic E-state index is 0. The SMILES string of the molecule is C1=CC2c3[nH]c(-c4ccc5[nH]ccc5c4)nc3-c3cccnc3C2N=C1.[Ru+3].c1cnc2c(c1)ccc1cccnc12.c1cnc2c(c1)ccc1cccnc12. The second kappa shape index (κ2) is 14.6. The van der Waals surface area contributed by atoms with E-state index in [1.165, 1.54) is 5.39 Å². The molecule has 0 saturated carbocycles. The number of fused-ring (bicyclic) bond motifs is 13. The molecule has 2 aliphatic rings. The van der Waals surface area contributed by atoms with Crippen molar-refractivity contribution >= 4 is 60.7 Å². The van der Waals surface area contributed by atoms with Crippen LogP contribution in [-0.4, -0.2) is 46.1 Å². The summed E-state index contributed by atoms with van der Waals surface area (Å²) in [6.07, 6.45) is 17.1. The molecule has 55 heavy (non-hydrogen) atoms. The fraction of sp³-hybridized carbons (Fsp3) is 0.0444. The zero-order valence-corrected chi connectivity index (χ0v) is 31.0. The maximum Gasteiger partial charge on any atom is 3.00 e.